The number of nitriles is 1. The van der Waals surface area contributed by atoms with Crippen LogP contribution in [0.15, 0.2) is 36.4 Å². The Balaban J connectivity index is 2.44. The molecule has 0 heterocycles. The van der Waals surface area contributed by atoms with Crippen LogP contribution in [0.1, 0.15) is 35.2 Å². The van der Waals surface area contributed by atoms with Gasteiger partial charge in [-0.25, -0.2) is 0 Å². The minimum Gasteiger partial charge on any atom is -0.456 e. The number of para-hydroxylation sites is 1. The fourth-order valence-corrected chi connectivity index (χ4v) is 2.24. The summed E-state index contributed by atoms with van der Waals surface area (Å²) in [6.45, 7) is 5.82. The summed E-state index contributed by atoms with van der Waals surface area (Å²) in [5.74, 6) is 1.55. The van der Waals surface area contributed by atoms with Crippen molar-refractivity contribution in [1.82, 2.24) is 0 Å². The molecule has 2 rings (SSSR count). The summed E-state index contributed by atoms with van der Waals surface area (Å²) < 4.78 is 6.04. The van der Waals surface area contributed by atoms with Crippen LogP contribution in [0.4, 0.5) is 0 Å². The lowest BCUT2D eigenvalue weighted by Gasteiger charge is -2.16. The van der Waals surface area contributed by atoms with E-state index in [0.717, 1.165) is 28.2 Å². The predicted octanol–water partition coefficient (Wildman–Crippen LogP) is 3.99. The van der Waals surface area contributed by atoms with Gasteiger partial charge in [-0.05, 0) is 50.1 Å². The number of aryl methyl sites for hydroxylation is 2. The maximum absolute atomic E-state index is 8.98. The first-order valence-corrected chi connectivity index (χ1v) is 6.56. The monoisotopic (exact) mass is 266 g/mol. The third-order valence-electron chi connectivity index (χ3n) is 3.21. The topological polar surface area (TPSA) is 59.0 Å². The minimum atomic E-state index is -0.0924. The van der Waals surface area contributed by atoms with Gasteiger partial charge < -0.3 is 10.5 Å². The molecule has 0 saturated carbocycles. The lowest BCUT2D eigenvalue weighted by Crippen LogP contribution is -2.07. The highest BCUT2D eigenvalue weighted by Crippen LogP contribution is 2.33. The molecule has 0 bridgehead atoms. The number of nitrogens with zero attached hydrogens (tertiary/aromatic N) is 1. The van der Waals surface area contributed by atoms with Crippen molar-refractivity contribution in [2.45, 2.75) is 26.8 Å². The molecular weight excluding hydrogens is 248 g/mol. The molecule has 0 saturated heterocycles. The molecular formula is C17H18N2O. The summed E-state index contributed by atoms with van der Waals surface area (Å²) in [6, 6.07) is 13.5. The van der Waals surface area contributed by atoms with Crippen molar-refractivity contribution < 1.29 is 4.74 Å². The van der Waals surface area contributed by atoms with Gasteiger partial charge >= 0.3 is 0 Å². The summed E-state index contributed by atoms with van der Waals surface area (Å²) in [5.41, 5.74) is 9.47. The van der Waals surface area contributed by atoms with Crippen LogP contribution in [-0.2, 0) is 0 Å². The van der Waals surface area contributed by atoms with E-state index in [1.54, 1.807) is 0 Å². The largest absolute Gasteiger partial charge is 0.456 e. The first-order chi connectivity index (χ1) is 9.52. The van der Waals surface area contributed by atoms with Crippen LogP contribution in [0, 0.1) is 25.2 Å². The number of rotatable bonds is 3. The standard InChI is InChI=1S/C17H18N2O/c1-11-8-14(10-18)9-12(2)17(11)20-16-7-5-4-6-15(16)13(3)19/h4-9,13H,19H2,1-3H3/t13-/m1/s1. The first-order valence-electron chi connectivity index (χ1n) is 6.56. The van der Waals surface area contributed by atoms with Crippen LogP contribution in [0.25, 0.3) is 0 Å². The number of benzene rings is 2. The summed E-state index contributed by atoms with van der Waals surface area (Å²) >= 11 is 0. The van der Waals surface area contributed by atoms with E-state index in [1.165, 1.54) is 0 Å². The van der Waals surface area contributed by atoms with Crippen LogP contribution in [-0.4, -0.2) is 0 Å². The van der Waals surface area contributed by atoms with Crippen molar-refractivity contribution >= 4 is 0 Å². The molecule has 0 fully saturated rings. The highest BCUT2D eigenvalue weighted by atomic mass is 16.5. The summed E-state index contributed by atoms with van der Waals surface area (Å²) in [6.07, 6.45) is 0. The molecule has 0 aromatic heterocycles. The second-order valence-electron chi connectivity index (χ2n) is 4.98. The van der Waals surface area contributed by atoms with Gasteiger partial charge in [-0.3, -0.25) is 0 Å². The highest BCUT2D eigenvalue weighted by Gasteiger charge is 2.12. The van der Waals surface area contributed by atoms with Crippen molar-refractivity contribution in [2.75, 3.05) is 0 Å². The van der Waals surface area contributed by atoms with Crippen molar-refractivity contribution in [2.24, 2.45) is 5.73 Å². The number of nitrogens with two attached hydrogens (primary N) is 1. The molecule has 3 nitrogen and oxygen atoms in total. The Morgan fingerprint density at radius 2 is 1.75 bits per heavy atom. The Morgan fingerprint density at radius 3 is 2.30 bits per heavy atom. The third-order valence-corrected chi connectivity index (χ3v) is 3.21. The first kappa shape index (κ1) is 14.1. The maximum Gasteiger partial charge on any atom is 0.133 e. The van der Waals surface area contributed by atoms with Gasteiger partial charge in [-0.2, -0.15) is 5.26 Å². The van der Waals surface area contributed by atoms with E-state index in [2.05, 4.69) is 6.07 Å². The zero-order valence-corrected chi connectivity index (χ0v) is 12.0. The summed E-state index contributed by atoms with van der Waals surface area (Å²) in [5, 5.41) is 8.98. The normalized spacial score (nSPS) is 11.8. The minimum absolute atomic E-state index is 0.0924. The van der Waals surface area contributed by atoms with Crippen molar-refractivity contribution in [1.29, 1.82) is 5.26 Å². The number of ether oxygens (including phenoxy) is 1. The second-order valence-corrected chi connectivity index (χ2v) is 4.98. The smallest absolute Gasteiger partial charge is 0.133 e. The van der Waals surface area contributed by atoms with Crippen LogP contribution in [0.3, 0.4) is 0 Å². The third kappa shape index (κ3) is 2.81. The Bertz CT molecular complexity index is 646. The van der Waals surface area contributed by atoms with Gasteiger partial charge in [0.15, 0.2) is 0 Å². The molecule has 1 atom stereocenters. The van der Waals surface area contributed by atoms with Gasteiger partial charge in [0.05, 0.1) is 11.6 Å². The van der Waals surface area contributed by atoms with Crippen molar-refractivity contribution in [3.8, 4) is 17.6 Å². The fraction of sp³-hybridized carbons (Fsp3) is 0.235. The second kappa shape index (κ2) is 5.77. The Kier molecular flexibility index (Phi) is 4.07. The SMILES string of the molecule is Cc1cc(C#N)cc(C)c1Oc1ccccc1[C@@H](C)N. The van der Waals surface area contributed by atoms with Gasteiger partial charge in [-0.1, -0.05) is 18.2 Å². The van der Waals surface area contributed by atoms with E-state index in [0.29, 0.717) is 5.56 Å². The zero-order chi connectivity index (χ0) is 14.7. The van der Waals surface area contributed by atoms with Gasteiger partial charge in [-0.15, -0.1) is 0 Å². The van der Waals surface area contributed by atoms with Gasteiger partial charge in [0, 0.05) is 11.6 Å². The quantitative estimate of drug-likeness (QED) is 0.913. The molecule has 0 unspecified atom stereocenters. The molecule has 0 aliphatic rings. The molecule has 3 heteroatoms. The van der Waals surface area contributed by atoms with Crippen molar-refractivity contribution in [3.63, 3.8) is 0 Å². The van der Waals surface area contributed by atoms with Crippen molar-refractivity contribution in [3.05, 3.63) is 58.7 Å². The summed E-state index contributed by atoms with van der Waals surface area (Å²) in [4.78, 5) is 0. The molecule has 2 aromatic carbocycles. The van der Waals surface area contributed by atoms with Gasteiger partial charge in [0.1, 0.15) is 11.5 Å². The Labute approximate surface area is 119 Å². The molecule has 0 radical (unpaired) electrons. The zero-order valence-electron chi connectivity index (χ0n) is 12.0. The van der Waals surface area contributed by atoms with Crippen LogP contribution >= 0.6 is 0 Å². The molecule has 0 aliphatic carbocycles. The van der Waals surface area contributed by atoms with E-state index >= 15 is 0 Å². The van der Waals surface area contributed by atoms with E-state index < -0.39 is 0 Å². The lowest BCUT2D eigenvalue weighted by molar-refractivity contribution is 0.465. The van der Waals surface area contributed by atoms with Crippen LogP contribution < -0.4 is 10.5 Å². The van der Waals surface area contributed by atoms with E-state index in [-0.39, 0.29) is 6.04 Å². The number of hydrogen-bond donors (Lipinski definition) is 1. The van der Waals surface area contributed by atoms with Gasteiger partial charge in [0.2, 0.25) is 0 Å². The molecule has 0 spiro atoms. The average molecular weight is 266 g/mol. The maximum atomic E-state index is 8.98. The van der Waals surface area contributed by atoms with E-state index in [4.69, 9.17) is 15.7 Å². The average Bonchev–Trinajstić information content (AvgIpc) is 2.42. The predicted molar refractivity (Wildman–Crippen MR) is 79.7 cm³/mol. The molecule has 20 heavy (non-hydrogen) atoms. The van der Waals surface area contributed by atoms with Crippen LogP contribution in [0.5, 0.6) is 11.5 Å². The molecule has 2 aromatic rings. The molecule has 2 N–H and O–H groups in total. The van der Waals surface area contributed by atoms with E-state index in [9.17, 15) is 0 Å². The van der Waals surface area contributed by atoms with E-state index in [1.807, 2.05) is 57.2 Å². The Hall–Kier alpha value is -2.31. The summed E-state index contributed by atoms with van der Waals surface area (Å²) in [7, 11) is 0. The molecule has 0 aliphatic heterocycles. The number of hydrogen-bond acceptors (Lipinski definition) is 3. The van der Waals surface area contributed by atoms with Crippen LogP contribution in [0.2, 0.25) is 0 Å². The Morgan fingerprint density at radius 1 is 1.15 bits per heavy atom. The molecule has 102 valence electrons. The molecule has 0 amide bonds. The highest BCUT2D eigenvalue weighted by molar-refractivity contribution is 5.50. The lowest BCUT2D eigenvalue weighted by atomic mass is 10.1. The van der Waals surface area contributed by atoms with Gasteiger partial charge in [0.25, 0.3) is 0 Å². The fourth-order valence-electron chi connectivity index (χ4n) is 2.24.